The van der Waals surface area contributed by atoms with Gasteiger partial charge in [0.1, 0.15) is 6.04 Å². The molecule has 5 heteroatoms. The third-order valence-corrected chi connectivity index (χ3v) is 4.71. The molecule has 0 aliphatic carbocycles. The smallest absolute Gasteiger partial charge is 0.240 e. The van der Waals surface area contributed by atoms with E-state index in [1.54, 1.807) is 4.90 Å². The molecule has 2 fully saturated rings. The van der Waals surface area contributed by atoms with E-state index >= 15 is 0 Å². The van der Waals surface area contributed by atoms with Gasteiger partial charge in [0.2, 0.25) is 11.8 Å². The zero-order valence-electron chi connectivity index (χ0n) is 11.9. The molecule has 2 atom stereocenters. The average molecular weight is 267 g/mol. The maximum absolute atomic E-state index is 12.8. The van der Waals surface area contributed by atoms with Crippen molar-refractivity contribution in [1.29, 1.82) is 0 Å². The summed E-state index contributed by atoms with van der Waals surface area (Å²) in [5.74, 6) is 0.0498. The fraction of sp³-hybridized carbons (Fsp3) is 0.857. The minimum atomic E-state index is -0.425. The second kappa shape index (κ2) is 5.49. The third kappa shape index (κ3) is 2.76. The van der Waals surface area contributed by atoms with Gasteiger partial charge in [-0.15, -0.1) is 0 Å². The third-order valence-electron chi connectivity index (χ3n) is 4.71. The Morgan fingerprint density at radius 1 is 1.26 bits per heavy atom. The summed E-state index contributed by atoms with van der Waals surface area (Å²) in [5, 5.41) is 3.36. The Morgan fingerprint density at radius 3 is 2.58 bits per heavy atom. The Balaban J connectivity index is 2.10. The molecule has 0 saturated carbocycles. The van der Waals surface area contributed by atoms with E-state index in [0.717, 1.165) is 32.4 Å². The normalized spacial score (nSPS) is 28.4. The summed E-state index contributed by atoms with van der Waals surface area (Å²) >= 11 is 0. The molecule has 0 radical (unpaired) electrons. The van der Waals surface area contributed by atoms with Gasteiger partial charge < -0.3 is 16.0 Å². The molecule has 2 saturated heterocycles. The maximum Gasteiger partial charge on any atom is 0.240 e. The highest BCUT2D eigenvalue weighted by atomic mass is 16.2. The molecule has 0 aromatic carbocycles. The van der Waals surface area contributed by atoms with Crippen molar-refractivity contribution in [2.45, 2.75) is 45.6 Å². The van der Waals surface area contributed by atoms with Crippen LogP contribution in [0.3, 0.4) is 0 Å². The van der Waals surface area contributed by atoms with Crippen LogP contribution < -0.4 is 11.1 Å². The van der Waals surface area contributed by atoms with Crippen molar-refractivity contribution in [3.05, 3.63) is 0 Å². The first-order valence-electron chi connectivity index (χ1n) is 7.25. The molecule has 5 nitrogen and oxygen atoms in total. The first-order valence-corrected chi connectivity index (χ1v) is 7.25. The van der Waals surface area contributed by atoms with Gasteiger partial charge in [0.05, 0.1) is 0 Å². The molecule has 0 aromatic rings. The Hall–Kier alpha value is -1.10. The van der Waals surface area contributed by atoms with E-state index in [-0.39, 0.29) is 11.8 Å². The molecule has 2 amide bonds. The van der Waals surface area contributed by atoms with Gasteiger partial charge >= 0.3 is 0 Å². The average Bonchev–Trinajstić information content (AvgIpc) is 2.88. The molecule has 2 aliphatic heterocycles. The lowest BCUT2D eigenvalue weighted by atomic mass is 9.74. The van der Waals surface area contributed by atoms with Gasteiger partial charge in [0, 0.05) is 12.0 Å². The van der Waals surface area contributed by atoms with Crippen LogP contribution in [0.4, 0.5) is 0 Å². The summed E-state index contributed by atoms with van der Waals surface area (Å²) < 4.78 is 0. The molecule has 2 heterocycles. The minimum absolute atomic E-state index is 0.0856. The van der Waals surface area contributed by atoms with Crippen molar-refractivity contribution in [3.8, 4) is 0 Å². The highest BCUT2D eigenvalue weighted by Crippen LogP contribution is 2.35. The first-order chi connectivity index (χ1) is 8.94. The zero-order valence-corrected chi connectivity index (χ0v) is 11.9. The number of hydrogen-bond donors (Lipinski definition) is 2. The number of carbonyl (C=O) groups excluding carboxylic acids is 2. The van der Waals surface area contributed by atoms with E-state index in [4.69, 9.17) is 5.73 Å². The number of rotatable bonds is 3. The summed E-state index contributed by atoms with van der Waals surface area (Å²) in [7, 11) is 0. The lowest BCUT2D eigenvalue weighted by Gasteiger charge is -2.39. The lowest BCUT2D eigenvalue weighted by molar-refractivity contribution is -0.147. The quantitative estimate of drug-likeness (QED) is 0.781. The highest BCUT2D eigenvalue weighted by molar-refractivity contribution is 5.89. The van der Waals surface area contributed by atoms with Gasteiger partial charge in [-0.25, -0.2) is 0 Å². The molecule has 2 unspecified atom stereocenters. The van der Waals surface area contributed by atoms with Crippen molar-refractivity contribution in [2.75, 3.05) is 19.6 Å². The van der Waals surface area contributed by atoms with Gasteiger partial charge in [-0.3, -0.25) is 9.59 Å². The van der Waals surface area contributed by atoms with E-state index in [0.29, 0.717) is 18.9 Å². The van der Waals surface area contributed by atoms with E-state index < -0.39 is 11.5 Å². The summed E-state index contributed by atoms with van der Waals surface area (Å²) in [6.07, 6.45) is 3.76. The molecule has 2 aliphatic rings. The van der Waals surface area contributed by atoms with Gasteiger partial charge in [-0.1, -0.05) is 13.8 Å². The largest absolute Gasteiger partial charge is 0.368 e. The van der Waals surface area contributed by atoms with Crippen LogP contribution in [0.5, 0.6) is 0 Å². The molecule has 2 rings (SSSR count). The Labute approximate surface area is 114 Å². The molecule has 0 bridgehead atoms. The van der Waals surface area contributed by atoms with E-state index in [2.05, 4.69) is 5.32 Å². The summed E-state index contributed by atoms with van der Waals surface area (Å²) in [6, 6.07) is -0.400. The van der Waals surface area contributed by atoms with E-state index in [9.17, 15) is 9.59 Å². The molecular weight excluding hydrogens is 242 g/mol. The molecule has 19 heavy (non-hydrogen) atoms. The van der Waals surface area contributed by atoms with Crippen molar-refractivity contribution in [3.63, 3.8) is 0 Å². The number of piperidine rings is 1. The van der Waals surface area contributed by atoms with Gasteiger partial charge in [0.25, 0.3) is 0 Å². The second-order valence-corrected chi connectivity index (χ2v) is 6.32. The molecule has 0 spiro atoms. The standard InChI is InChI=1S/C14H25N3O2/c1-14(2,10-5-3-7-16-9-10)13(19)17-8-4-6-11(17)12(15)18/h10-11,16H,3-9H2,1-2H3,(H2,15,18). The van der Waals surface area contributed by atoms with E-state index in [1.807, 2.05) is 13.8 Å². The minimum Gasteiger partial charge on any atom is -0.368 e. The fourth-order valence-electron chi connectivity index (χ4n) is 3.32. The van der Waals surface area contributed by atoms with Crippen LogP contribution in [-0.2, 0) is 9.59 Å². The number of carbonyl (C=O) groups is 2. The predicted octanol–water partition coefficient (Wildman–Crippen LogP) is 0.489. The van der Waals surface area contributed by atoms with Crippen molar-refractivity contribution >= 4 is 11.8 Å². The fourth-order valence-corrected chi connectivity index (χ4v) is 3.32. The Kier molecular flexibility index (Phi) is 4.13. The number of nitrogens with zero attached hydrogens (tertiary/aromatic N) is 1. The topological polar surface area (TPSA) is 75.4 Å². The van der Waals surface area contributed by atoms with Crippen molar-refractivity contribution < 1.29 is 9.59 Å². The van der Waals surface area contributed by atoms with Gasteiger partial charge in [-0.2, -0.15) is 0 Å². The van der Waals surface area contributed by atoms with Crippen LogP contribution >= 0.6 is 0 Å². The maximum atomic E-state index is 12.8. The second-order valence-electron chi connectivity index (χ2n) is 6.32. The monoisotopic (exact) mass is 267 g/mol. The van der Waals surface area contributed by atoms with Crippen molar-refractivity contribution in [2.24, 2.45) is 17.1 Å². The Morgan fingerprint density at radius 2 is 2.00 bits per heavy atom. The van der Waals surface area contributed by atoms with Gasteiger partial charge in [-0.05, 0) is 44.7 Å². The number of nitrogens with one attached hydrogen (secondary N) is 1. The summed E-state index contributed by atoms with van der Waals surface area (Å²) in [4.78, 5) is 25.9. The lowest BCUT2D eigenvalue weighted by Crippen LogP contribution is -2.52. The van der Waals surface area contributed by atoms with E-state index in [1.165, 1.54) is 0 Å². The zero-order chi connectivity index (χ0) is 14.0. The number of primary amides is 1. The summed E-state index contributed by atoms with van der Waals surface area (Å²) in [6.45, 7) is 6.59. The van der Waals surface area contributed by atoms with Gasteiger partial charge in [0.15, 0.2) is 0 Å². The summed E-state index contributed by atoms with van der Waals surface area (Å²) in [5.41, 5.74) is 4.98. The molecular formula is C14H25N3O2. The van der Waals surface area contributed by atoms with Crippen LogP contribution in [0.25, 0.3) is 0 Å². The number of hydrogen-bond acceptors (Lipinski definition) is 3. The SMILES string of the molecule is CC(C)(C(=O)N1CCCC1C(N)=O)C1CCCNC1. The van der Waals surface area contributed by atoms with Crippen LogP contribution in [0, 0.1) is 11.3 Å². The molecule has 3 N–H and O–H groups in total. The Bertz CT molecular complexity index is 362. The molecule has 108 valence electrons. The van der Waals surface area contributed by atoms with Crippen LogP contribution in [0.1, 0.15) is 39.5 Å². The predicted molar refractivity (Wildman–Crippen MR) is 73.3 cm³/mol. The first kappa shape index (κ1) is 14.3. The number of amides is 2. The molecule has 0 aromatic heterocycles. The van der Waals surface area contributed by atoms with Crippen LogP contribution in [0.2, 0.25) is 0 Å². The van der Waals surface area contributed by atoms with Crippen LogP contribution in [-0.4, -0.2) is 42.4 Å². The van der Waals surface area contributed by atoms with Crippen LogP contribution in [0.15, 0.2) is 0 Å². The highest BCUT2D eigenvalue weighted by Gasteiger charge is 2.44. The van der Waals surface area contributed by atoms with Crippen molar-refractivity contribution in [1.82, 2.24) is 10.2 Å². The number of likely N-dealkylation sites (tertiary alicyclic amines) is 1. The number of nitrogens with two attached hydrogens (primary N) is 1.